The summed E-state index contributed by atoms with van der Waals surface area (Å²) in [5.41, 5.74) is 0.920. The van der Waals surface area contributed by atoms with Crippen molar-refractivity contribution in [2.24, 2.45) is 0 Å². The molecule has 0 N–H and O–H groups in total. The quantitative estimate of drug-likeness (QED) is 0.391. The van der Waals surface area contributed by atoms with Gasteiger partial charge in [0.1, 0.15) is 0 Å². The molecule has 0 aliphatic carbocycles. The molecular weight excluding hydrogens is 196 g/mol. The first kappa shape index (κ1) is 15.4. The first-order chi connectivity index (χ1) is 6.70. The predicted molar refractivity (Wildman–Crippen MR) is 64.4 cm³/mol. The van der Waals surface area contributed by atoms with E-state index in [1.807, 2.05) is 32.9 Å². The van der Waals surface area contributed by atoms with Crippen molar-refractivity contribution in [1.82, 2.24) is 0 Å². The second-order valence-corrected chi connectivity index (χ2v) is 2.39. The van der Waals surface area contributed by atoms with Crippen LogP contribution in [0.25, 0.3) is 0 Å². The van der Waals surface area contributed by atoms with Crippen LogP contribution in [0.3, 0.4) is 0 Å². The van der Waals surface area contributed by atoms with Crippen molar-refractivity contribution in [2.75, 3.05) is 0 Å². The van der Waals surface area contributed by atoms with E-state index in [1.165, 1.54) is 6.08 Å². The molecule has 0 aromatic heterocycles. The maximum Gasteiger partial charge on any atom is 0.245 e. The van der Waals surface area contributed by atoms with Gasteiger partial charge in [-0.1, -0.05) is 50.8 Å². The molecule has 0 spiro atoms. The van der Waals surface area contributed by atoms with Gasteiger partial charge in [-0.2, -0.15) is 0 Å². The normalized spacial score (nSPS) is 11.3. The van der Waals surface area contributed by atoms with E-state index in [0.717, 1.165) is 5.57 Å². The number of hydrogen-bond donors (Lipinski definition) is 0. The van der Waals surface area contributed by atoms with Gasteiger partial charge in [0.2, 0.25) is 5.24 Å². The average molecular weight is 213 g/mol. The zero-order chi connectivity index (χ0) is 11.4. The van der Waals surface area contributed by atoms with E-state index in [2.05, 4.69) is 6.58 Å². The molecule has 0 aliphatic rings. The molecule has 0 aromatic rings. The number of halogens is 1. The Hall–Kier alpha value is -1.08. The molecule has 0 saturated heterocycles. The fraction of sp³-hybridized carbons (Fsp3) is 0.250. The molecule has 2 heteroatoms. The fourth-order valence-electron chi connectivity index (χ4n) is 0.589. The highest BCUT2D eigenvalue weighted by atomic mass is 35.5. The lowest BCUT2D eigenvalue weighted by Crippen LogP contribution is -1.76. The molecule has 0 aromatic carbocycles. The molecule has 0 amide bonds. The van der Waals surface area contributed by atoms with Crippen molar-refractivity contribution in [2.45, 2.75) is 20.8 Å². The number of carbonyl (C=O) groups is 1. The highest BCUT2D eigenvalue weighted by Gasteiger charge is 1.86. The molecule has 0 saturated carbocycles. The van der Waals surface area contributed by atoms with Crippen molar-refractivity contribution in [1.29, 1.82) is 0 Å². The largest absolute Gasteiger partial charge is 0.276 e. The van der Waals surface area contributed by atoms with Gasteiger partial charge < -0.3 is 0 Å². The third-order valence-electron chi connectivity index (χ3n) is 1.16. The Labute approximate surface area is 91.5 Å². The summed E-state index contributed by atoms with van der Waals surface area (Å²) >= 11 is 5.12. The third-order valence-corrected chi connectivity index (χ3v) is 1.29. The summed E-state index contributed by atoms with van der Waals surface area (Å²) in [6.07, 6.45) is 10.1. The number of rotatable bonds is 4. The molecule has 14 heavy (non-hydrogen) atoms. The van der Waals surface area contributed by atoms with Gasteiger partial charge in [-0.3, -0.25) is 4.79 Å². The van der Waals surface area contributed by atoms with Crippen LogP contribution >= 0.6 is 11.6 Å². The van der Waals surface area contributed by atoms with Crippen LogP contribution in [-0.2, 0) is 4.79 Å². The Morgan fingerprint density at radius 3 is 2.14 bits per heavy atom. The van der Waals surface area contributed by atoms with Crippen LogP contribution in [0.15, 0.2) is 48.6 Å². The molecule has 0 radical (unpaired) electrons. The zero-order valence-electron chi connectivity index (χ0n) is 8.96. The average Bonchev–Trinajstić information content (AvgIpc) is 2.21. The Morgan fingerprint density at radius 2 is 1.79 bits per heavy atom. The topological polar surface area (TPSA) is 17.1 Å². The summed E-state index contributed by atoms with van der Waals surface area (Å²) in [4.78, 5) is 10.3. The molecule has 0 fully saturated rings. The van der Waals surface area contributed by atoms with Crippen LogP contribution in [0.2, 0.25) is 0 Å². The first-order valence-electron chi connectivity index (χ1n) is 4.53. The lowest BCUT2D eigenvalue weighted by atomic mass is 10.2. The molecule has 0 aliphatic heterocycles. The predicted octanol–water partition coefficient (Wildman–Crippen LogP) is 4.02. The molecule has 0 atom stereocenters. The third kappa shape index (κ3) is 10.9. The smallest absolute Gasteiger partial charge is 0.245 e. The second-order valence-electron chi connectivity index (χ2n) is 2.02. The number of allylic oxidation sites excluding steroid dienone is 7. The van der Waals surface area contributed by atoms with E-state index < -0.39 is 5.24 Å². The van der Waals surface area contributed by atoms with Crippen molar-refractivity contribution in [3.05, 3.63) is 48.6 Å². The van der Waals surface area contributed by atoms with Gasteiger partial charge in [-0.25, -0.2) is 0 Å². The van der Waals surface area contributed by atoms with Gasteiger partial charge in [-0.05, 0) is 30.2 Å². The van der Waals surface area contributed by atoms with Gasteiger partial charge in [-0.15, -0.1) is 0 Å². The van der Waals surface area contributed by atoms with E-state index >= 15 is 0 Å². The van der Waals surface area contributed by atoms with Gasteiger partial charge in [0.05, 0.1) is 0 Å². The molecule has 0 bridgehead atoms. The van der Waals surface area contributed by atoms with Crippen molar-refractivity contribution in [3.63, 3.8) is 0 Å². The minimum atomic E-state index is -0.471. The van der Waals surface area contributed by atoms with E-state index in [9.17, 15) is 4.79 Å². The summed E-state index contributed by atoms with van der Waals surface area (Å²) in [6.45, 7) is 9.41. The monoisotopic (exact) mass is 212 g/mol. The number of hydrogen-bond acceptors (Lipinski definition) is 1. The van der Waals surface area contributed by atoms with Crippen LogP contribution < -0.4 is 0 Å². The van der Waals surface area contributed by atoms with Gasteiger partial charge in [0, 0.05) is 0 Å². The summed E-state index contributed by atoms with van der Waals surface area (Å²) in [5, 5.41) is -0.471. The van der Waals surface area contributed by atoms with E-state index in [0.29, 0.717) is 0 Å². The van der Waals surface area contributed by atoms with Crippen LogP contribution in [0.4, 0.5) is 0 Å². The molecular formula is C12H17ClO. The lowest BCUT2D eigenvalue weighted by Gasteiger charge is -1.88. The van der Waals surface area contributed by atoms with Crippen LogP contribution in [0.5, 0.6) is 0 Å². The van der Waals surface area contributed by atoms with Gasteiger partial charge in [0.15, 0.2) is 0 Å². The minimum absolute atomic E-state index is 0.471. The number of carbonyl (C=O) groups excluding carboxylic acids is 1. The van der Waals surface area contributed by atoms with Gasteiger partial charge in [0.25, 0.3) is 0 Å². The van der Waals surface area contributed by atoms with E-state index in [4.69, 9.17) is 11.6 Å². The highest BCUT2D eigenvalue weighted by molar-refractivity contribution is 6.66. The Bertz CT molecular complexity index is 247. The lowest BCUT2D eigenvalue weighted by molar-refractivity contribution is -0.107. The molecule has 0 heterocycles. The highest BCUT2D eigenvalue weighted by Crippen LogP contribution is 1.99. The molecule has 0 unspecified atom stereocenters. The zero-order valence-corrected chi connectivity index (χ0v) is 9.71. The van der Waals surface area contributed by atoms with Crippen molar-refractivity contribution < 1.29 is 4.79 Å². The Balaban J connectivity index is 0. The minimum Gasteiger partial charge on any atom is -0.276 e. The van der Waals surface area contributed by atoms with Crippen LogP contribution in [0, 0.1) is 0 Å². The maximum atomic E-state index is 10.3. The molecule has 1 nitrogen and oxygen atoms in total. The van der Waals surface area contributed by atoms with Crippen molar-refractivity contribution >= 4 is 16.8 Å². The SMILES string of the molecule is C=C\C=C/C(/C=C/C(=O)Cl)=C\C.CC. The van der Waals surface area contributed by atoms with Crippen molar-refractivity contribution in [3.8, 4) is 0 Å². The Kier molecular flexibility index (Phi) is 13.1. The second kappa shape index (κ2) is 11.9. The first-order valence-corrected chi connectivity index (χ1v) is 4.91. The Morgan fingerprint density at radius 1 is 1.21 bits per heavy atom. The van der Waals surface area contributed by atoms with E-state index in [1.54, 1.807) is 18.2 Å². The van der Waals surface area contributed by atoms with E-state index in [-0.39, 0.29) is 0 Å². The summed E-state index contributed by atoms with van der Waals surface area (Å²) < 4.78 is 0. The summed E-state index contributed by atoms with van der Waals surface area (Å²) in [6, 6.07) is 0. The fourth-order valence-corrected chi connectivity index (χ4v) is 0.652. The standard InChI is InChI=1S/C10H11ClO.C2H6/c1-3-5-6-9(4-2)7-8-10(11)12;1-2/h3-8H,1H2,2H3;1-2H3/b6-5-,8-7+,9-4+;. The molecule has 78 valence electrons. The summed E-state index contributed by atoms with van der Waals surface area (Å²) in [7, 11) is 0. The summed E-state index contributed by atoms with van der Waals surface area (Å²) in [5.74, 6) is 0. The van der Waals surface area contributed by atoms with Gasteiger partial charge >= 0.3 is 0 Å². The van der Waals surface area contributed by atoms with Crippen LogP contribution in [0.1, 0.15) is 20.8 Å². The van der Waals surface area contributed by atoms with Crippen LogP contribution in [-0.4, -0.2) is 5.24 Å². The molecule has 0 rings (SSSR count). The maximum absolute atomic E-state index is 10.3.